The molecule has 6 heteroatoms. The quantitative estimate of drug-likeness (QED) is 0.632. The van der Waals surface area contributed by atoms with E-state index in [2.05, 4.69) is 15.8 Å². The van der Waals surface area contributed by atoms with E-state index >= 15 is 0 Å². The van der Waals surface area contributed by atoms with Crippen LogP contribution in [0.1, 0.15) is 20.0 Å². The molecule has 3 aromatic rings. The van der Waals surface area contributed by atoms with Gasteiger partial charge in [-0.1, -0.05) is 24.3 Å². The summed E-state index contributed by atoms with van der Waals surface area (Å²) in [6.07, 6.45) is 1.62. The second kappa shape index (κ2) is 5.18. The highest BCUT2D eigenvalue weighted by Crippen LogP contribution is 2.17. The van der Waals surface area contributed by atoms with Crippen LogP contribution >= 0.6 is 11.3 Å². The minimum atomic E-state index is -0.354. The Balaban J connectivity index is 1.72. The lowest BCUT2D eigenvalue weighted by atomic mass is 10.2. The van der Waals surface area contributed by atoms with E-state index in [9.17, 15) is 9.59 Å². The molecular formula is C14H11N3O2S. The minimum absolute atomic E-state index is 0.326. The summed E-state index contributed by atoms with van der Waals surface area (Å²) in [5.74, 6) is -0.680. The second-order valence-electron chi connectivity index (χ2n) is 4.13. The lowest BCUT2D eigenvalue weighted by Gasteiger charge is -2.05. The van der Waals surface area contributed by atoms with Crippen molar-refractivity contribution in [2.24, 2.45) is 0 Å². The Morgan fingerprint density at radius 1 is 1.00 bits per heavy atom. The fraction of sp³-hybridized carbons (Fsp3) is 0. The number of para-hydroxylation sites is 1. The minimum Gasteiger partial charge on any atom is -0.360 e. The summed E-state index contributed by atoms with van der Waals surface area (Å²) in [5, 5.41) is 2.62. The monoisotopic (exact) mass is 285 g/mol. The van der Waals surface area contributed by atoms with Crippen LogP contribution in [0, 0.1) is 0 Å². The van der Waals surface area contributed by atoms with Crippen LogP contribution in [0.4, 0.5) is 0 Å². The van der Waals surface area contributed by atoms with Crippen molar-refractivity contribution in [1.82, 2.24) is 15.8 Å². The van der Waals surface area contributed by atoms with Crippen LogP contribution in [0.2, 0.25) is 0 Å². The number of carbonyl (C=O) groups is 2. The lowest BCUT2D eigenvalue weighted by molar-refractivity contribution is 0.0850. The van der Waals surface area contributed by atoms with Gasteiger partial charge in [-0.25, -0.2) is 0 Å². The first-order chi connectivity index (χ1) is 9.75. The molecule has 5 nitrogen and oxygen atoms in total. The number of hydrogen-bond donors (Lipinski definition) is 3. The summed E-state index contributed by atoms with van der Waals surface area (Å²) in [7, 11) is 0. The molecule has 0 spiro atoms. The van der Waals surface area contributed by atoms with Crippen molar-refractivity contribution in [3.05, 3.63) is 58.4 Å². The number of nitrogens with one attached hydrogen (secondary N) is 3. The molecule has 1 aromatic carbocycles. The normalized spacial score (nSPS) is 10.4. The molecular weight excluding hydrogens is 274 g/mol. The molecule has 0 saturated heterocycles. The summed E-state index contributed by atoms with van der Waals surface area (Å²) < 4.78 is 0. The molecule has 0 unspecified atom stereocenters. The number of H-pyrrole nitrogens is 1. The molecule has 0 bridgehead atoms. The van der Waals surface area contributed by atoms with Gasteiger partial charge in [0.15, 0.2) is 0 Å². The molecule has 0 fully saturated rings. The lowest BCUT2D eigenvalue weighted by Crippen LogP contribution is -2.41. The van der Waals surface area contributed by atoms with Gasteiger partial charge in [0.05, 0.1) is 10.4 Å². The van der Waals surface area contributed by atoms with E-state index in [1.165, 1.54) is 11.3 Å². The first-order valence-corrected chi connectivity index (χ1v) is 6.84. The van der Waals surface area contributed by atoms with E-state index in [0.29, 0.717) is 10.4 Å². The molecule has 2 heterocycles. The van der Waals surface area contributed by atoms with Gasteiger partial charge in [0.2, 0.25) is 0 Å². The van der Waals surface area contributed by atoms with Gasteiger partial charge in [-0.15, -0.1) is 11.3 Å². The van der Waals surface area contributed by atoms with Crippen molar-refractivity contribution in [1.29, 1.82) is 0 Å². The average Bonchev–Trinajstić information content (AvgIpc) is 3.13. The molecule has 3 rings (SSSR count). The van der Waals surface area contributed by atoms with Crippen molar-refractivity contribution in [2.45, 2.75) is 0 Å². The van der Waals surface area contributed by atoms with Crippen LogP contribution in [0.25, 0.3) is 10.9 Å². The van der Waals surface area contributed by atoms with Crippen LogP contribution in [-0.4, -0.2) is 16.8 Å². The topological polar surface area (TPSA) is 74.0 Å². The van der Waals surface area contributed by atoms with Crippen LogP contribution < -0.4 is 10.9 Å². The third-order valence-electron chi connectivity index (χ3n) is 2.87. The maximum atomic E-state index is 12.1. The molecule has 100 valence electrons. The van der Waals surface area contributed by atoms with E-state index in [1.807, 2.05) is 24.3 Å². The van der Waals surface area contributed by atoms with Crippen molar-refractivity contribution < 1.29 is 9.59 Å². The third-order valence-corrected chi connectivity index (χ3v) is 3.74. The third kappa shape index (κ3) is 2.28. The van der Waals surface area contributed by atoms with E-state index in [0.717, 1.165) is 10.9 Å². The average molecular weight is 285 g/mol. The van der Waals surface area contributed by atoms with Gasteiger partial charge >= 0.3 is 0 Å². The van der Waals surface area contributed by atoms with Crippen LogP contribution in [0.3, 0.4) is 0 Å². The summed E-state index contributed by atoms with van der Waals surface area (Å²) in [4.78, 5) is 27.3. The van der Waals surface area contributed by atoms with Gasteiger partial charge in [0, 0.05) is 17.1 Å². The van der Waals surface area contributed by atoms with Crippen molar-refractivity contribution in [3.8, 4) is 0 Å². The fourth-order valence-electron chi connectivity index (χ4n) is 1.91. The maximum Gasteiger partial charge on any atom is 0.279 e. The molecule has 0 atom stereocenters. The SMILES string of the molecule is O=C(NNC(=O)c1c[nH]c2ccccc12)c1cccs1. The van der Waals surface area contributed by atoms with Gasteiger partial charge in [-0.3, -0.25) is 20.4 Å². The molecule has 2 amide bonds. The van der Waals surface area contributed by atoms with Crippen LogP contribution in [0.15, 0.2) is 48.0 Å². The van der Waals surface area contributed by atoms with Gasteiger partial charge < -0.3 is 4.98 Å². The van der Waals surface area contributed by atoms with Gasteiger partial charge in [-0.05, 0) is 17.5 Å². The van der Waals surface area contributed by atoms with Gasteiger partial charge in [0.1, 0.15) is 0 Å². The van der Waals surface area contributed by atoms with Crippen molar-refractivity contribution >= 4 is 34.1 Å². The number of hydrogen-bond acceptors (Lipinski definition) is 3. The smallest absolute Gasteiger partial charge is 0.279 e. The number of benzene rings is 1. The second-order valence-corrected chi connectivity index (χ2v) is 5.08. The highest BCUT2D eigenvalue weighted by Gasteiger charge is 2.13. The van der Waals surface area contributed by atoms with Gasteiger partial charge in [-0.2, -0.15) is 0 Å². The summed E-state index contributed by atoms with van der Waals surface area (Å²) >= 11 is 1.31. The number of amides is 2. The molecule has 0 aliphatic carbocycles. The molecule has 0 aliphatic rings. The van der Waals surface area contributed by atoms with Gasteiger partial charge in [0.25, 0.3) is 11.8 Å². The Kier molecular flexibility index (Phi) is 3.22. The molecule has 0 saturated carbocycles. The number of rotatable bonds is 2. The molecule has 0 aliphatic heterocycles. The highest BCUT2D eigenvalue weighted by atomic mass is 32.1. The Morgan fingerprint density at radius 2 is 1.80 bits per heavy atom. The summed E-state index contributed by atoms with van der Waals surface area (Å²) in [6.45, 7) is 0. The number of aromatic nitrogens is 1. The van der Waals surface area contributed by atoms with Crippen LogP contribution in [0.5, 0.6) is 0 Å². The van der Waals surface area contributed by atoms with E-state index in [4.69, 9.17) is 0 Å². The molecule has 3 N–H and O–H groups in total. The Bertz CT molecular complexity index is 762. The summed E-state index contributed by atoms with van der Waals surface area (Å²) in [5.41, 5.74) is 6.18. The molecule has 0 radical (unpaired) electrons. The van der Waals surface area contributed by atoms with E-state index < -0.39 is 0 Å². The first kappa shape index (κ1) is 12.4. The predicted molar refractivity (Wildman–Crippen MR) is 77.6 cm³/mol. The number of thiophene rings is 1. The largest absolute Gasteiger partial charge is 0.360 e. The Labute approximate surface area is 118 Å². The van der Waals surface area contributed by atoms with E-state index in [1.54, 1.807) is 23.7 Å². The zero-order valence-corrected chi connectivity index (χ0v) is 11.2. The Morgan fingerprint density at radius 3 is 2.60 bits per heavy atom. The fourth-order valence-corrected chi connectivity index (χ4v) is 2.53. The number of aromatic amines is 1. The predicted octanol–water partition coefficient (Wildman–Crippen LogP) is 2.30. The number of fused-ring (bicyclic) bond motifs is 1. The number of hydrazine groups is 1. The first-order valence-electron chi connectivity index (χ1n) is 5.96. The zero-order valence-electron chi connectivity index (χ0n) is 10.3. The van der Waals surface area contributed by atoms with Crippen molar-refractivity contribution in [2.75, 3.05) is 0 Å². The zero-order chi connectivity index (χ0) is 13.9. The number of carbonyl (C=O) groups excluding carboxylic acids is 2. The van der Waals surface area contributed by atoms with Crippen LogP contribution in [-0.2, 0) is 0 Å². The maximum absolute atomic E-state index is 12.1. The Hall–Kier alpha value is -2.60. The molecule has 2 aromatic heterocycles. The molecule has 20 heavy (non-hydrogen) atoms. The highest BCUT2D eigenvalue weighted by molar-refractivity contribution is 7.12. The van der Waals surface area contributed by atoms with Crippen molar-refractivity contribution in [3.63, 3.8) is 0 Å². The summed E-state index contributed by atoms with van der Waals surface area (Å²) in [6, 6.07) is 11.0. The standard InChI is InChI=1S/C14H11N3O2S/c18-13(16-17-14(19)12-6-3-7-20-12)10-8-15-11-5-2-1-4-9(10)11/h1-8,15H,(H,16,18)(H,17,19). The van der Waals surface area contributed by atoms with E-state index in [-0.39, 0.29) is 11.8 Å².